The normalized spacial score (nSPS) is 17.9. The largest absolute Gasteiger partial charge is 0.488 e. The SMILES string of the molecule is CC(O)(CNC(=O)C1=CCCCO1)c1ccccc1. The second-order valence-electron chi connectivity index (χ2n) is 4.88. The summed E-state index contributed by atoms with van der Waals surface area (Å²) >= 11 is 0. The summed E-state index contributed by atoms with van der Waals surface area (Å²) in [6.07, 6.45) is 3.59. The Labute approximate surface area is 113 Å². The summed E-state index contributed by atoms with van der Waals surface area (Å²) in [5, 5.41) is 13.1. The molecular weight excluding hydrogens is 242 g/mol. The first kappa shape index (κ1) is 13.6. The molecule has 1 heterocycles. The van der Waals surface area contributed by atoms with Crippen LogP contribution >= 0.6 is 0 Å². The number of rotatable bonds is 4. The number of carbonyl (C=O) groups excluding carboxylic acids is 1. The first-order valence-corrected chi connectivity index (χ1v) is 6.49. The molecule has 1 aliphatic rings. The number of benzene rings is 1. The van der Waals surface area contributed by atoms with E-state index in [0.717, 1.165) is 18.4 Å². The zero-order valence-corrected chi connectivity index (χ0v) is 11.1. The predicted molar refractivity (Wildman–Crippen MR) is 72.3 cm³/mol. The maximum atomic E-state index is 11.9. The highest BCUT2D eigenvalue weighted by atomic mass is 16.5. The van der Waals surface area contributed by atoms with Crippen molar-refractivity contribution in [3.8, 4) is 0 Å². The van der Waals surface area contributed by atoms with Gasteiger partial charge in [0.25, 0.3) is 5.91 Å². The summed E-state index contributed by atoms with van der Waals surface area (Å²) < 4.78 is 5.28. The van der Waals surface area contributed by atoms with Crippen molar-refractivity contribution in [3.05, 3.63) is 47.7 Å². The first-order chi connectivity index (χ1) is 9.09. The average Bonchev–Trinajstić information content (AvgIpc) is 2.47. The molecule has 1 aliphatic heterocycles. The highest BCUT2D eigenvalue weighted by molar-refractivity contribution is 5.91. The van der Waals surface area contributed by atoms with E-state index in [2.05, 4.69) is 5.32 Å². The summed E-state index contributed by atoms with van der Waals surface area (Å²) in [5.74, 6) is 0.0889. The van der Waals surface area contributed by atoms with E-state index in [0.29, 0.717) is 12.4 Å². The summed E-state index contributed by atoms with van der Waals surface area (Å²) in [5.41, 5.74) is -0.319. The molecule has 0 saturated carbocycles. The fraction of sp³-hybridized carbons (Fsp3) is 0.400. The number of hydrogen-bond acceptors (Lipinski definition) is 3. The highest BCUT2D eigenvalue weighted by Crippen LogP contribution is 2.19. The molecule has 1 unspecified atom stereocenters. The fourth-order valence-corrected chi connectivity index (χ4v) is 1.95. The number of aliphatic hydroxyl groups is 1. The molecular formula is C15H19NO3. The van der Waals surface area contributed by atoms with Gasteiger partial charge in [0.2, 0.25) is 0 Å². The predicted octanol–water partition coefficient (Wildman–Crippen LogP) is 1.70. The Kier molecular flexibility index (Phi) is 4.22. The van der Waals surface area contributed by atoms with E-state index < -0.39 is 5.60 Å². The summed E-state index contributed by atoms with van der Waals surface area (Å²) in [7, 11) is 0. The van der Waals surface area contributed by atoms with Crippen molar-refractivity contribution in [2.45, 2.75) is 25.4 Å². The number of carbonyl (C=O) groups is 1. The molecule has 4 heteroatoms. The van der Waals surface area contributed by atoms with Crippen LogP contribution < -0.4 is 5.32 Å². The van der Waals surface area contributed by atoms with E-state index in [-0.39, 0.29) is 12.5 Å². The minimum atomic E-state index is -1.09. The Balaban J connectivity index is 1.94. The molecule has 0 fully saturated rings. The van der Waals surface area contributed by atoms with Crippen LogP contribution in [0.2, 0.25) is 0 Å². The molecule has 0 aromatic heterocycles. The highest BCUT2D eigenvalue weighted by Gasteiger charge is 2.24. The van der Waals surface area contributed by atoms with Gasteiger partial charge in [0.1, 0.15) is 5.60 Å². The zero-order valence-electron chi connectivity index (χ0n) is 11.1. The molecule has 4 nitrogen and oxygen atoms in total. The second-order valence-corrected chi connectivity index (χ2v) is 4.88. The molecule has 1 aromatic carbocycles. The van der Waals surface area contributed by atoms with Gasteiger partial charge in [-0.2, -0.15) is 0 Å². The molecule has 2 rings (SSSR count). The number of allylic oxidation sites excluding steroid dienone is 1. The molecule has 1 amide bonds. The number of ether oxygens (including phenoxy) is 1. The van der Waals surface area contributed by atoms with Crippen molar-refractivity contribution in [3.63, 3.8) is 0 Å². The number of amides is 1. The molecule has 0 aliphatic carbocycles. The van der Waals surface area contributed by atoms with Crippen LogP contribution in [0.3, 0.4) is 0 Å². The fourth-order valence-electron chi connectivity index (χ4n) is 1.95. The maximum Gasteiger partial charge on any atom is 0.286 e. The van der Waals surface area contributed by atoms with Crippen molar-refractivity contribution in [1.82, 2.24) is 5.32 Å². The Morgan fingerprint density at radius 3 is 2.79 bits per heavy atom. The minimum Gasteiger partial charge on any atom is -0.488 e. The van der Waals surface area contributed by atoms with Gasteiger partial charge in [0.05, 0.1) is 13.2 Å². The first-order valence-electron chi connectivity index (χ1n) is 6.49. The van der Waals surface area contributed by atoms with Gasteiger partial charge in [-0.1, -0.05) is 30.3 Å². The van der Waals surface area contributed by atoms with E-state index in [9.17, 15) is 9.90 Å². The van der Waals surface area contributed by atoms with E-state index in [4.69, 9.17) is 4.74 Å². The molecule has 0 saturated heterocycles. The van der Waals surface area contributed by atoms with E-state index in [1.54, 1.807) is 13.0 Å². The Morgan fingerprint density at radius 1 is 1.42 bits per heavy atom. The van der Waals surface area contributed by atoms with Crippen LogP contribution in [0, 0.1) is 0 Å². The Bertz CT molecular complexity index is 466. The third kappa shape index (κ3) is 3.58. The smallest absolute Gasteiger partial charge is 0.286 e. The van der Waals surface area contributed by atoms with Gasteiger partial charge < -0.3 is 15.2 Å². The van der Waals surface area contributed by atoms with Crippen LogP contribution in [-0.4, -0.2) is 24.2 Å². The van der Waals surface area contributed by atoms with Crippen LogP contribution in [0.25, 0.3) is 0 Å². The quantitative estimate of drug-likeness (QED) is 0.867. The van der Waals surface area contributed by atoms with Crippen LogP contribution in [0.1, 0.15) is 25.3 Å². The van der Waals surface area contributed by atoms with Crippen molar-refractivity contribution >= 4 is 5.91 Å². The molecule has 2 N–H and O–H groups in total. The summed E-state index contributed by atoms with van der Waals surface area (Å²) in [6, 6.07) is 9.28. The number of nitrogens with one attached hydrogen (secondary N) is 1. The van der Waals surface area contributed by atoms with Crippen LogP contribution in [0.5, 0.6) is 0 Å². The van der Waals surface area contributed by atoms with Crippen LogP contribution in [0.4, 0.5) is 0 Å². The van der Waals surface area contributed by atoms with E-state index in [1.807, 2.05) is 30.3 Å². The molecule has 0 spiro atoms. The van der Waals surface area contributed by atoms with Gasteiger partial charge >= 0.3 is 0 Å². The molecule has 0 bridgehead atoms. The van der Waals surface area contributed by atoms with Crippen LogP contribution in [-0.2, 0) is 15.1 Å². The second kappa shape index (κ2) is 5.89. The Morgan fingerprint density at radius 2 is 2.16 bits per heavy atom. The third-order valence-electron chi connectivity index (χ3n) is 3.15. The van der Waals surface area contributed by atoms with Crippen molar-refractivity contribution in [2.75, 3.05) is 13.2 Å². The van der Waals surface area contributed by atoms with Crippen molar-refractivity contribution < 1.29 is 14.6 Å². The molecule has 1 atom stereocenters. The average molecular weight is 261 g/mol. The van der Waals surface area contributed by atoms with Gasteiger partial charge in [-0.25, -0.2) is 0 Å². The maximum absolute atomic E-state index is 11.9. The summed E-state index contributed by atoms with van der Waals surface area (Å²) in [6.45, 7) is 2.41. The molecule has 1 aromatic rings. The van der Waals surface area contributed by atoms with E-state index >= 15 is 0 Å². The van der Waals surface area contributed by atoms with E-state index in [1.165, 1.54) is 0 Å². The van der Waals surface area contributed by atoms with Crippen molar-refractivity contribution in [2.24, 2.45) is 0 Å². The van der Waals surface area contributed by atoms with Gasteiger partial charge in [-0.15, -0.1) is 0 Å². The topological polar surface area (TPSA) is 58.6 Å². The number of hydrogen-bond donors (Lipinski definition) is 2. The lowest BCUT2D eigenvalue weighted by Gasteiger charge is -2.24. The van der Waals surface area contributed by atoms with Gasteiger partial charge in [-0.3, -0.25) is 4.79 Å². The monoisotopic (exact) mass is 261 g/mol. The van der Waals surface area contributed by atoms with Gasteiger partial charge in [0, 0.05) is 0 Å². The molecule has 19 heavy (non-hydrogen) atoms. The van der Waals surface area contributed by atoms with Crippen LogP contribution in [0.15, 0.2) is 42.2 Å². The zero-order chi connectivity index (χ0) is 13.7. The van der Waals surface area contributed by atoms with Crippen molar-refractivity contribution in [1.29, 1.82) is 0 Å². The molecule has 102 valence electrons. The lowest BCUT2D eigenvalue weighted by Crippen LogP contribution is -2.39. The van der Waals surface area contributed by atoms with Gasteiger partial charge in [0.15, 0.2) is 5.76 Å². The minimum absolute atomic E-state index is 0.149. The molecule has 0 radical (unpaired) electrons. The third-order valence-corrected chi connectivity index (χ3v) is 3.15. The summed E-state index contributed by atoms with van der Waals surface area (Å²) in [4.78, 5) is 11.9. The van der Waals surface area contributed by atoms with Gasteiger partial charge in [-0.05, 0) is 31.4 Å². The Hall–Kier alpha value is -1.81. The lowest BCUT2D eigenvalue weighted by atomic mass is 9.96. The lowest BCUT2D eigenvalue weighted by molar-refractivity contribution is -0.122. The standard InChI is InChI=1S/C15H19NO3/c1-15(18,12-7-3-2-4-8-12)11-16-14(17)13-9-5-6-10-19-13/h2-4,7-9,18H,5-6,10-11H2,1H3,(H,16,17).